The normalized spacial score (nSPS) is 12.3. The summed E-state index contributed by atoms with van der Waals surface area (Å²) < 4.78 is 1.01. The zero-order valence-electron chi connectivity index (χ0n) is 11.9. The second kappa shape index (κ2) is 7.50. The number of likely N-dealkylation sites (N-methyl/N-ethyl adjacent to an activating group) is 1. The molecule has 2 aromatic rings. The molecule has 0 fully saturated rings. The van der Waals surface area contributed by atoms with Gasteiger partial charge in [-0.1, -0.05) is 13.8 Å². The lowest BCUT2D eigenvalue weighted by molar-refractivity contribution is 0.539. The fourth-order valence-electron chi connectivity index (χ4n) is 2.35. The van der Waals surface area contributed by atoms with Crippen LogP contribution >= 0.6 is 15.9 Å². The van der Waals surface area contributed by atoms with E-state index in [0.717, 1.165) is 29.6 Å². The van der Waals surface area contributed by atoms with Crippen molar-refractivity contribution >= 4 is 15.9 Å². The Bertz CT molecular complexity index is 540. The highest BCUT2D eigenvalue weighted by Gasteiger charge is 2.15. The smallest absolute Gasteiger partial charge is 0.0423 e. The molecule has 106 valence electrons. The Hall–Kier alpha value is -1.26. The van der Waals surface area contributed by atoms with E-state index < -0.39 is 0 Å². The molecule has 0 aliphatic heterocycles. The van der Waals surface area contributed by atoms with Gasteiger partial charge in [-0.15, -0.1) is 0 Å². The summed E-state index contributed by atoms with van der Waals surface area (Å²) in [6.45, 7) is 5.24. The molecule has 0 spiro atoms. The van der Waals surface area contributed by atoms with Crippen LogP contribution in [-0.2, 0) is 12.8 Å². The molecule has 1 atom stereocenters. The Morgan fingerprint density at radius 3 is 2.70 bits per heavy atom. The van der Waals surface area contributed by atoms with E-state index in [-0.39, 0.29) is 6.04 Å². The van der Waals surface area contributed by atoms with Gasteiger partial charge in [0.1, 0.15) is 0 Å². The molecule has 1 unspecified atom stereocenters. The Labute approximate surface area is 129 Å². The minimum absolute atomic E-state index is 0.284. The highest BCUT2D eigenvalue weighted by molar-refractivity contribution is 9.10. The fourth-order valence-corrected chi connectivity index (χ4v) is 2.58. The Balaban J connectivity index is 2.24. The van der Waals surface area contributed by atoms with Gasteiger partial charge in [0.2, 0.25) is 0 Å². The molecule has 0 saturated heterocycles. The minimum Gasteiger partial charge on any atom is -0.310 e. The van der Waals surface area contributed by atoms with Crippen molar-refractivity contribution in [2.75, 3.05) is 6.54 Å². The van der Waals surface area contributed by atoms with Gasteiger partial charge in [-0.25, -0.2) is 0 Å². The first kappa shape index (κ1) is 15.1. The van der Waals surface area contributed by atoms with E-state index in [1.54, 1.807) is 0 Å². The number of aromatic nitrogens is 2. The standard InChI is InChI=1S/C16H20BrN3/c1-3-12-10-18-8-7-15(12)16(19-4-2)9-14-6-5-13(17)11-20-14/h5-8,10-11,16,19H,3-4,9H2,1-2H3. The van der Waals surface area contributed by atoms with Crippen molar-refractivity contribution in [1.82, 2.24) is 15.3 Å². The number of nitrogens with zero attached hydrogens (tertiary/aromatic N) is 2. The summed E-state index contributed by atoms with van der Waals surface area (Å²) in [5.41, 5.74) is 3.72. The van der Waals surface area contributed by atoms with Gasteiger partial charge < -0.3 is 5.32 Å². The van der Waals surface area contributed by atoms with E-state index in [1.807, 2.05) is 24.7 Å². The van der Waals surface area contributed by atoms with Gasteiger partial charge in [-0.3, -0.25) is 9.97 Å². The molecule has 4 heteroatoms. The van der Waals surface area contributed by atoms with Gasteiger partial charge in [-0.2, -0.15) is 0 Å². The number of rotatable bonds is 6. The summed E-state index contributed by atoms with van der Waals surface area (Å²) in [6, 6.07) is 6.51. The molecular formula is C16H20BrN3. The summed E-state index contributed by atoms with van der Waals surface area (Å²) in [6.07, 6.45) is 7.57. The third-order valence-corrected chi connectivity index (χ3v) is 3.82. The van der Waals surface area contributed by atoms with Gasteiger partial charge in [0.05, 0.1) is 0 Å². The Kier molecular flexibility index (Phi) is 5.68. The van der Waals surface area contributed by atoms with Crippen LogP contribution in [0.25, 0.3) is 0 Å². The summed E-state index contributed by atoms with van der Waals surface area (Å²) in [4.78, 5) is 8.71. The average molecular weight is 334 g/mol. The van der Waals surface area contributed by atoms with Gasteiger partial charge in [0.25, 0.3) is 0 Å². The van der Waals surface area contributed by atoms with Crippen molar-refractivity contribution < 1.29 is 0 Å². The van der Waals surface area contributed by atoms with Gasteiger partial charge in [-0.05, 0) is 58.2 Å². The average Bonchev–Trinajstić information content (AvgIpc) is 2.49. The maximum Gasteiger partial charge on any atom is 0.0423 e. The Morgan fingerprint density at radius 2 is 2.05 bits per heavy atom. The van der Waals surface area contributed by atoms with Crippen molar-refractivity contribution in [3.8, 4) is 0 Å². The molecular weight excluding hydrogens is 314 g/mol. The fraction of sp³-hybridized carbons (Fsp3) is 0.375. The van der Waals surface area contributed by atoms with Gasteiger partial charge in [0.15, 0.2) is 0 Å². The molecule has 3 nitrogen and oxygen atoms in total. The second-order valence-corrected chi connectivity index (χ2v) is 5.63. The third-order valence-electron chi connectivity index (χ3n) is 3.35. The van der Waals surface area contributed by atoms with Crippen LogP contribution in [0.3, 0.4) is 0 Å². The largest absolute Gasteiger partial charge is 0.310 e. The highest BCUT2D eigenvalue weighted by atomic mass is 79.9. The zero-order valence-corrected chi connectivity index (χ0v) is 13.5. The lowest BCUT2D eigenvalue weighted by Gasteiger charge is -2.20. The van der Waals surface area contributed by atoms with Crippen LogP contribution in [0, 0.1) is 0 Å². The van der Waals surface area contributed by atoms with Crippen LogP contribution in [-0.4, -0.2) is 16.5 Å². The topological polar surface area (TPSA) is 37.8 Å². The first-order valence-corrected chi connectivity index (χ1v) is 7.80. The van der Waals surface area contributed by atoms with Crippen LogP contribution in [0.1, 0.15) is 36.7 Å². The quantitative estimate of drug-likeness (QED) is 0.875. The van der Waals surface area contributed by atoms with E-state index in [1.165, 1.54) is 11.1 Å². The number of halogens is 1. The number of aryl methyl sites for hydroxylation is 1. The summed E-state index contributed by atoms with van der Waals surface area (Å²) in [7, 11) is 0. The molecule has 2 rings (SSSR count). The van der Waals surface area contributed by atoms with Crippen molar-refractivity contribution in [3.63, 3.8) is 0 Å². The summed E-state index contributed by atoms with van der Waals surface area (Å²) >= 11 is 3.42. The number of hydrogen-bond donors (Lipinski definition) is 1. The van der Waals surface area contributed by atoms with E-state index in [2.05, 4.69) is 57.2 Å². The van der Waals surface area contributed by atoms with Crippen LogP contribution < -0.4 is 5.32 Å². The van der Waals surface area contributed by atoms with Crippen LogP contribution in [0.15, 0.2) is 41.3 Å². The van der Waals surface area contributed by atoms with E-state index in [0.29, 0.717) is 0 Å². The molecule has 0 bridgehead atoms. The Morgan fingerprint density at radius 1 is 1.20 bits per heavy atom. The van der Waals surface area contributed by atoms with Crippen molar-refractivity contribution in [2.24, 2.45) is 0 Å². The molecule has 0 radical (unpaired) electrons. The van der Waals surface area contributed by atoms with Gasteiger partial charge >= 0.3 is 0 Å². The van der Waals surface area contributed by atoms with Crippen molar-refractivity contribution in [1.29, 1.82) is 0 Å². The lowest BCUT2D eigenvalue weighted by Crippen LogP contribution is -2.24. The molecule has 2 aromatic heterocycles. The molecule has 0 aliphatic rings. The number of nitrogens with one attached hydrogen (secondary N) is 1. The molecule has 2 heterocycles. The van der Waals surface area contributed by atoms with Crippen molar-refractivity contribution in [3.05, 3.63) is 58.1 Å². The molecule has 0 saturated carbocycles. The molecule has 0 amide bonds. The predicted molar refractivity (Wildman–Crippen MR) is 85.7 cm³/mol. The summed E-state index contributed by atoms with van der Waals surface area (Å²) in [5.74, 6) is 0. The minimum atomic E-state index is 0.284. The van der Waals surface area contributed by atoms with E-state index >= 15 is 0 Å². The first-order valence-electron chi connectivity index (χ1n) is 7.01. The SMILES string of the molecule is CCNC(Cc1ccc(Br)cn1)c1ccncc1CC. The van der Waals surface area contributed by atoms with E-state index in [9.17, 15) is 0 Å². The van der Waals surface area contributed by atoms with Crippen LogP contribution in [0.2, 0.25) is 0 Å². The first-order chi connectivity index (χ1) is 9.74. The van der Waals surface area contributed by atoms with Gasteiger partial charge in [0, 0.05) is 41.2 Å². The highest BCUT2D eigenvalue weighted by Crippen LogP contribution is 2.22. The molecule has 0 aromatic carbocycles. The monoisotopic (exact) mass is 333 g/mol. The van der Waals surface area contributed by atoms with Crippen LogP contribution in [0.4, 0.5) is 0 Å². The number of pyridine rings is 2. The van der Waals surface area contributed by atoms with Crippen molar-refractivity contribution in [2.45, 2.75) is 32.7 Å². The summed E-state index contributed by atoms with van der Waals surface area (Å²) in [5, 5.41) is 3.56. The van der Waals surface area contributed by atoms with E-state index in [4.69, 9.17) is 0 Å². The molecule has 1 N–H and O–H groups in total. The third kappa shape index (κ3) is 3.87. The number of hydrogen-bond acceptors (Lipinski definition) is 3. The molecule has 20 heavy (non-hydrogen) atoms. The zero-order chi connectivity index (χ0) is 14.4. The van der Waals surface area contributed by atoms with Crippen LogP contribution in [0.5, 0.6) is 0 Å². The predicted octanol–water partition coefficient (Wildman–Crippen LogP) is 3.69. The lowest BCUT2D eigenvalue weighted by atomic mass is 9.97. The second-order valence-electron chi connectivity index (χ2n) is 4.71. The molecule has 0 aliphatic carbocycles. The maximum absolute atomic E-state index is 4.48. The maximum atomic E-state index is 4.48.